The summed E-state index contributed by atoms with van der Waals surface area (Å²) in [7, 11) is 0. The van der Waals surface area contributed by atoms with Gasteiger partial charge in [0, 0.05) is 10.8 Å². The Morgan fingerprint density at radius 2 is 1.83 bits per heavy atom. The number of carboxylic acids is 1. The van der Waals surface area contributed by atoms with Crippen molar-refractivity contribution in [3.05, 3.63) is 23.8 Å². The molecule has 3 aliphatic rings. The van der Waals surface area contributed by atoms with Gasteiger partial charge in [-0.2, -0.15) is 0 Å². The van der Waals surface area contributed by atoms with Gasteiger partial charge in [0.25, 0.3) is 0 Å². The maximum absolute atomic E-state index is 12.0. The van der Waals surface area contributed by atoms with Crippen molar-refractivity contribution >= 4 is 5.97 Å². The highest BCUT2D eigenvalue weighted by Crippen LogP contribution is 2.65. The first kappa shape index (κ1) is 17.7. The van der Waals surface area contributed by atoms with Crippen LogP contribution in [0.1, 0.15) is 65.7 Å². The summed E-state index contributed by atoms with van der Waals surface area (Å²) >= 11 is 0. The van der Waals surface area contributed by atoms with Crippen molar-refractivity contribution < 1.29 is 20.1 Å². The van der Waals surface area contributed by atoms with E-state index in [0.29, 0.717) is 19.3 Å². The summed E-state index contributed by atoms with van der Waals surface area (Å²) in [6.07, 6.45) is 5.87. The van der Waals surface area contributed by atoms with Gasteiger partial charge < -0.3 is 15.3 Å². The van der Waals surface area contributed by atoms with Gasteiger partial charge in [-0.3, -0.25) is 4.79 Å². The lowest BCUT2D eigenvalue weighted by molar-refractivity contribution is -0.207. The number of aliphatic carboxylic acids is 1. The predicted octanol–water partition coefficient (Wildman–Crippen LogP) is 3.44. The van der Waals surface area contributed by atoms with E-state index in [0.717, 1.165) is 36.8 Å². The number of aliphatic hydroxyl groups is 2. The van der Waals surface area contributed by atoms with Gasteiger partial charge in [-0.1, -0.05) is 31.9 Å². The fourth-order valence-corrected chi connectivity index (χ4v) is 5.76. The Morgan fingerprint density at radius 1 is 1.17 bits per heavy atom. The summed E-state index contributed by atoms with van der Waals surface area (Å²) in [4.78, 5) is 12.0. The summed E-state index contributed by atoms with van der Waals surface area (Å²) in [6, 6.07) is 0. The van der Waals surface area contributed by atoms with Crippen molar-refractivity contribution in [2.24, 2.45) is 16.2 Å². The van der Waals surface area contributed by atoms with Gasteiger partial charge in [0.15, 0.2) is 0 Å². The predicted molar refractivity (Wildman–Crippen MR) is 92.5 cm³/mol. The number of rotatable bonds is 2. The van der Waals surface area contributed by atoms with Crippen molar-refractivity contribution in [2.75, 3.05) is 0 Å². The molecule has 0 radical (unpaired) electrons. The summed E-state index contributed by atoms with van der Waals surface area (Å²) in [6.45, 7) is 9.64. The number of carboxylic acid groups (broad SMARTS) is 1. The lowest BCUT2D eigenvalue weighted by Gasteiger charge is -2.62. The first-order chi connectivity index (χ1) is 11.1. The largest absolute Gasteiger partial charge is 0.481 e. The molecule has 0 saturated heterocycles. The van der Waals surface area contributed by atoms with Gasteiger partial charge in [-0.05, 0) is 51.0 Å². The van der Waals surface area contributed by atoms with E-state index in [1.165, 1.54) is 0 Å². The molecular formula is C20H30O4. The third-order valence-electron chi connectivity index (χ3n) is 7.80. The summed E-state index contributed by atoms with van der Waals surface area (Å²) < 4.78 is 0. The zero-order valence-corrected chi connectivity index (χ0v) is 15.1. The topological polar surface area (TPSA) is 77.8 Å². The van der Waals surface area contributed by atoms with E-state index in [-0.39, 0.29) is 5.41 Å². The van der Waals surface area contributed by atoms with Crippen LogP contribution in [-0.2, 0) is 4.79 Å². The molecule has 3 N–H and O–H groups in total. The molecule has 134 valence electrons. The van der Waals surface area contributed by atoms with Crippen LogP contribution in [0.5, 0.6) is 0 Å². The molecule has 0 aromatic carbocycles. The van der Waals surface area contributed by atoms with Crippen LogP contribution < -0.4 is 0 Å². The lowest BCUT2D eigenvalue weighted by atomic mass is 9.44. The van der Waals surface area contributed by atoms with Crippen LogP contribution in [0.4, 0.5) is 0 Å². The molecule has 0 aliphatic heterocycles. The van der Waals surface area contributed by atoms with Gasteiger partial charge >= 0.3 is 5.97 Å². The lowest BCUT2D eigenvalue weighted by Crippen LogP contribution is -2.66. The fraction of sp³-hybridized carbons (Fsp3) is 0.750. The number of hydrogen-bond donors (Lipinski definition) is 3. The first-order valence-corrected chi connectivity index (χ1v) is 9.06. The molecule has 3 rings (SSSR count). The first-order valence-electron chi connectivity index (χ1n) is 9.06. The Bertz CT molecular complexity index is 623. The molecule has 1 saturated carbocycles. The average molecular weight is 334 g/mol. The monoisotopic (exact) mass is 334 g/mol. The van der Waals surface area contributed by atoms with Crippen molar-refractivity contribution in [1.82, 2.24) is 0 Å². The molecule has 5 atom stereocenters. The highest BCUT2D eigenvalue weighted by atomic mass is 16.4. The van der Waals surface area contributed by atoms with E-state index in [1.807, 2.05) is 19.9 Å². The molecular weight excluding hydrogens is 304 g/mol. The van der Waals surface area contributed by atoms with Gasteiger partial charge in [-0.25, -0.2) is 0 Å². The Hall–Kier alpha value is -1.13. The van der Waals surface area contributed by atoms with E-state index in [4.69, 9.17) is 0 Å². The van der Waals surface area contributed by atoms with Gasteiger partial charge in [0.1, 0.15) is 0 Å². The van der Waals surface area contributed by atoms with Gasteiger partial charge in [0.2, 0.25) is 0 Å². The fourth-order valence-electron chi connectivity index (χ4n) is 5.76. The van der Waals surface area contributed by atoms with Crippen molar-refractivity contribution in [3.8, 4) is 0 Å². The molecule has 0 aromatic rings. The molecule has 24 heavy (non-hydrogen) atoms. The van der Waals surface area contributed by atoms with E-state index in [1.54, 1.807) is 6.92 Å². The Labute approximate surface area is 144 Å². The molecule has 1 fully saturated rings. The second kappa shape index (κ2) is 5.18. The summed E-state index contributed by atoms with van der Waals surface area (Å²) in [5.74, 6) is -0.910. The molecule has 4 nitrogen and oxygen atoms in total. The third-order valence-corrected chi connectivity index (χ3v) is 7.80. The highest BCUT2D eigenvalue weighted by molar-refractivity contribution is 5.77. The van der Waals surface area contributed by atoms with Crippen molar-refractivity contribution in [2.45, 2.75) is 77.4 Å². The SMILES string of the molecule is C=C[C@]1(C)CCC2=C(CC[C@@]3(O)[C@@](C)(C(=O)O)CCC[C@]23C)[C@H]1O. The van der Waals surface area contributed by atoms with E-state index in [2.05, 4.69) is 6.58 Å². The number of aliphatic hydroxyl groups excluding tert-OH is 1. The zero-order chi connectivity index (χ0) is 18.0. The minimum Gasteiger partial charge on any atom is -0.481 e. The molecule has 0 aromatic heterocycles. The molecule has 4 heteroatoms. The average Bonchev–Trinajstić information content (AvgIpc) is 2.53. The highest BCUT2D eigenvalue weighted by Gasteiger charge is 2.66. The van der Waals surface area contributed by atoms with Crippen molar-refractivity contribution in [3.63, 3.8) is 0 Å². The van der Waals surface area contributed by atoms with Crippen LogP contribution in [0.3, 0.4) is 0 Å². The number of fused-ring (bicyclic) bond motifs is 2. The van der Waals surface area contributed by atoms with Crippen LogP contribution in [0.15, 0.2) is 23.8 Å². The minimum absolute atomic E-state index is 0.338. The number of hydrogen-bond acceptors (Lipinski definition) is 3. The third kappa shape index (κ3) is 1.90. The molecule has 0 amide bonds. The van der Waals surface area contributed by atoms with E-state index < -0.39 is 28.5 Å². The Kier molecular flexibility index (Phi) is 3.82. The van der Waals surface area contributed by atoms with Crippen LogP contribution in [0, 0.1) is 16.2 Å². The standard InChI is InChI=1S/C20H30O4/c1-5-17(2)11-8-14-13(15(17)21)7-12-20(24)18(14,3)9-6-10-19(20,4)16(22)23/h5,15,21,24H,1,6-12H2,2-4H3,(H,22,23)/t15-,17-,18-,19-,20+/m1/s1. The molecule has 0 spiro atoms. The van der Waals surface area contributed by atoms with Crippen LogP contribution in [0.2, 0.25) is 0 Å². The second-order valence-electron chi connectivity index (χ2n) is 8.80. The zero-order valence-electron chi connectivity index (χ0n) is 15.1. The van der Waals surface area contributed by atoms with Gasteiger partial charge in [0.05, 0.1) is 17.1 Å². The molecule has 3 aliphatic carbocycles. The Morgan fingerprint density at radius 3 is 2.42 bits per heavy atom. The Balaban J connectivity index is 2.14. The quantitative estimate of drug-likeness (QED) is 0.676. The maximum Gasteiger partial charge on any atom is 0.312 e. The van der Waals surface area contributed by atoms with Crippen LogP contribution in [0.25, 0.3) is 0 Å². The molecule has 0 heterocycles. The van der Waals surface area contributed by atoms with Crippen LogP contribution >= 0.6 is 0 Å². The van der Waals surface area contributed by atoms with E-state index in [9.17, 15) is 20.1 Å². The van der Waals surface area contributed by atoms with Crippen LogP contribution in [-0.4, -0.2) is 33.0 Å². The maximum atomic E-state index is 12.0. The minimum atomic E-state index is -1.26. The molecule has 0 unspecified atom stereocenters. The van der Waals surface area contributed by atoms with Gasteiger partial charge in [-0.15, -0.1) is 6.58 Å². The molecule has 0 bridgehead atoms. The summed E-state index contributed by atoms with van der Waals surface area (Å²) in [5.41, 5.74) is -1.18. The van der Waals surface area contributed by atoms with Crippen molar-refractivity contribution in [1.29, 1.82) is 0 Å². The second-order valence-corrected chi connectivity index (χ2v) is 8.80. The summed E-state index contributed by atoms with van der Waals surface area (Å²) in [5, 5.41) is 32.4. The normalized spacial score (nSPS) is 48.5. The smallest absolute Gasteiger partial charge is 0.312 e. The van der Waals surface area contributed by atoms with E-state index >= 15 is 0 Å². The number of carbonyl (C=O) groups is 1.